The molecular weight excluding hydrogens is 459 g/mol. The van der Waals surface area contributed by atoms with Crippen molar-refractivity contribution in [1.29, 1.82) is 0 Å². The lowest BCUT2D eigenvalue weighted by molar-refractivity contribution is 0.0909. The average Bonchev–Trinajstić information content (AvgIpc) is 3.27. The number of hydrazine groups is 1. The molecule has 0 spiro atoms. The lowest BCUT2D eigenvalue weighted by Crippen LogP contribution is -2.43. The standard InChI is InChI=1S/C24H29FN4O4S/c1-24(2)12-19-21(20(30)13-24)15-4-3-5-18(15)29(19)14-10-16(25)22(23(26)31)17(11-14)27-28-6-8-34(32,33)9-7-28/h10-11,27H,3-9,12-13H2,1-2H3,(H2,26,31). The van der Waals surface area contributed by atoms with Crippen LogP contribution in [-0.2, 0) is 29.1 Å². The predicted octanol–water partition coefficient (Wildman–Crippen LogP) is 2.42. The number of nitrogens with zero attached hydrogens (tertiary/aromatic N) is 2. The molecule has 3 N–H and O–H groups in total. The molecule has 182 valence electrons. The Morgan fingerprint density at radius 2 is 1.82 bits per heavy atom. The predicted molar refractivity (Wildman–Crippen MR) is 127 cm³/mol. The summed E-state index contributed by atoms with van der Waals surface area (Å²) in [6.07, 6.45) is 3.72. The molecule has 0 bridgehead atoms. The summed E-state index contributed by atoms with van der Waals surface area (Å²) in [5, 5.41) is 1.66. The maximum atomic E-state index is 15.3. The number of primary amides is 1. The van der Waals surface area contributed by atoms with Gasteiger partial charge in [-0.25, -0.2) is 17.8 Å². The third kappa shape index (κ3) is 3.92. The van der Waals surface area contributed by atoms with Gasteiger partial charge in [0.25, 0.3) is 5.91 Å². The zero-order valence-electron chi connectivity index (χ0n) is 19.4. The first-order valence-corrected chi connectivity index (χ1v) is 13.4. The fourth-order valence-corrected chi connectivity index (χ4v) is 6.80. The molecule has 2 aromatic rings. The van der Waals surface area contributed by atoms with Crippen molar-refractivity contribution < 1.29 is 22.4 Å². The Morgan fingerprint density at radius 3 is 2.50 bits per heavy atom. The van der Waals surface area contributed by atoms with Gasteiger partial charge in [0.2, 0.25) is 0 Å². The Bertz CT molecular complexity index is 1320. The van der Waals surface area contributed by atoms with E-state index in [4.69, 9.17) is 5.73 Å². The highest BCUT2D eigenvalue weighted by Crippen LogP contribution is 2.43. The smallest absolute Gasteiger partial charge is 0.253 e. The first-order valence-electron chi connectivity index (χ1n) is 11.6. The number of Topliss-reactive ketones (excluding diaryl/α,β-unsaturated/α-hetero) is 1. The number of ketones is 1. The highest BCUT2D eigenvalue weighted by molar-refractivity contribution is 7.91. The van der Waals surface area contributed by atoms with Crippen LogP contribution in [-0.4, -0.2) is 54.3 Å². The van der Waals surface area contributed by atoms with E-state index in [2.05, 4.69) is 19.3 Å². The minimum Gasteiger partial charge on any atom is -0.365 e. The zero-order chi connectivity index (χ0) is 24.4. The number of rotatable bonds is 4. The van der Waals surface area contributed by atoms with Gasteiger partial charge in [0, 0.05) is 36.5 Å². The Morgan fingerprint density at radius 1 is 1.12 bits per heavy atom. The molecule has 2 aliphatic carbocycles. The van der Waals surface area contributed by atoms with Gasteiger partial charge in [0.15, 0.2) is 15.6 Å². The summed E-state index contributed by atoms with van der Waals surface area (Å²) in [6.45, 7) is 4.54. The fourth-order valence-electron chi connectivity index (χ4n) is 5.59. The number of sulfone groups is 1. The van der Waals surface area contributed by atoms with Crippen LogP contribution in [0.4, 0.5) is 10.1 Å². The number of hydrogen-bond donors (Lipinski definition) is 2. The quantitative estimate of drug-likeness (QED) is 0.683. The molecule has 1 aromatic carbocycles. The second-order valence-electron chi connectivity index (χ2n) is 10.3. The molecule has 1 aromatic heterocycles. The molecule has 2 heterocycles. The van der Waals surface area contributed by atoms with Crippen molar-refractivity contribution in [2.75, 3.05) is 30.0 Å². The first-order chi connectivity index (χ1) is 16.0. The largest absolute Gasteiger partial charge is 0.365 e. The Labute approximate surface area is 198 Å². The van der Waals surface area contributed by atoms with E-state index >= 15 is 4.39 Å². The lowest BCUT2D eigenvalue weighted by atomic mass is 9.75. The van der Waals surface area contributed by atoms with Crippen molar-refractivity contribution in [2.45, 2.75) is 46.0 Å². The zero-order valence-corrected chi connectivity index (χ0v) is 20.2. The van der Waals surface area contributed by atoms with E-state index in [0.717, 1.165) is 41.8 Å². The highest BCUT2D eigenvalue weighted by Gasteiger charge is 2.39. The Hall–Kier alpha value is -2.72. The van der Waals surface area contributed by atoms with Gasteiger partial charge < -0.3 is 15.7 Å². The topological polar surface area (TPSA) is 114 Å². The van der Waals surface area contributed by atoms with Crippen molar-refractivity contribution in [3.8, 4) is 5.69 Å². The third-order valence-corrected chi connectivity index (χ3v) is 8.69. The number of amides is 1. The van der Waals surface area contributed by atoms with E-state index in [9.17, 15) is 18.0 Å². The van der Waals surface area contributed by atoms with Gasteiger partial charge in [-0.2, -0.15) is 0 Å². The van der Waals surface area contributed by atoms with E-state index in [1.165, 1.54) is 6.07 Å². The van der Waals surface area contributed by atoms with Gasteiger partial charge in [-0.1, -0.05) is 13.8 Å². The number of carbonyl (C=O) groups is 2. The molecule has 3 aliphatic rings. The number of anilines is 1. The Balaban J connectivity index is 1.63. The number of nitrogens with two attached hydrogens (primary N) is 1. The van der Waals surface area contributed by atoms with Crippen molar-refractivity contribution in [3.63, 3.8) is 0 Å². The molecule has 0 unspecified atom stereocenters. The van der Waals surface area contributed by atoms with Crippen molar-refractivity contribution >= 4 is 27.2 Å². The number of aromatic nitrogens is 1. The van der Waals surface area contributed by atoms with Crippen molar-refractivity contribution in [1.82, 2.24) is 9.58 Å². The molecule has 0 atom stereocenters. The first kappa shape index (κ1) is 23.0. The molecule has 0 saturated carbocycles. The number of nitrogens with one attached hydrogen (secondary N) is 1. The molecule has 0 radical (unpaired) electrons. The van der Waals surface area contributed by atoms with E-state index in [1.54, 1.807) is 11.1 Å². The van der Waals surface area contributed by atoms with Crippen molar-refractivity contribution in [2.24, 2.45) is 11.1 Å². The van der Waals surface area contributed by atoms with E-state index in [-0.39, 0.29) is 47.0 Å². The average molecular weight is 489 g/mol. The van der Waals surface area contributed by atoms with Gasteiger partial charge >= 0.3 is 0 Å². The van der Waals surface area contributed by atoms with Crippen LogP contribution < -0.4 is 11.2 Å². The van der Waals surface area contributed by atoms with E-state index in [0.29, 0.717) is 18.5 Å². The molecule has 34 heavy (non-hydrogen) atoms. The molecule has 1 aliphatic heterocycles. The number of fused-ring (bicyclic) bond motifs is 3. The van der Waals surface area contributed by atoms with Gasteiger partial charge in [-0.15, -0.1) is 0 Å². The summed E-state index contributed by atoms with van der Waals surface area (Å²) < 4.78 is 40.9. The van der Waals surface area contributed by atoms with Crippen LogP contribution in [0.15, 0.2) is 12.1 Å². The molecular formula is C24H29FN4O4S. The lowest BCUT2D eigenvalue weighted by Gasteiger charge is -2.31. The summed E-state index contributed by atoms with van der Waals surface area (Å²) >= 11 is 0. The van der Waals surface area contributed by atoms with E-state index < -0.39 is 21.6 Å². The molecule has 5 rings (SSSR count). The minimum absolute atomic E-state index is 0.0239. The summed E-state index contributed by atoms with van der Waals surface area (Å²) in [5.41, 5.74) is 12.5. The van der Waals surface area contributed by atoms with Crippen LogP contribution >= 0.6 is 0 Å². The maximum absolute atomic E-state index is 15.3. The molecule has 1 fully saturated rings. The van der Waals surface area contributed by atoms with E-state index in [1.807, 2.05) is 4.57 Å². The summed E-state index contributed by atoms with van der Waals surface area (Å²) in [6, 6.07) is 2.98. The normalized spacial score (nSPS) is 21.2. The highest BCUT2D eigenvalue weighted by atomic mass is 32.2. The monoisotopic (exact) mass is 488 g/mol. The van der Waals surface area contributed by atoms with Gasteiger partial charge in [0.05, 0.1) is 28.4 Å². The summed E-state index contributed by atoms with van der Waals surface area (Å²) in [5.74, 6) is -1.58. The van der Waals surface area contributed by atoms with Crippen LogP contribution in [0.1, 0.15) is 64.4 Å². The number of benzene rings is 1. The van der Waals surface area contributed by atoms with Crippen LogP contribution in [0.5, 0.6) is 0 Å². The number of hydrogen-bond acceptors (Lipinski definition) is 6. The minimum atomic E-state index is -3.10. The van der Waals surface area contributed by atoms with Crippen LogP contribution in [0.25, 0.3) is 5.69 Å². The Kier molecular flexibility index (Phi) is 5.36. The van der Waals surface area contributed by atoms with Crippen LogP contribution in [0.3, 0.4) is 0 Å². The fraction of sp³-hybridized carbons (Fsp3) is 0.500. The molecule has 10 heteroatoms. The second kappa shape index (κ2) is 7.91. The summed E-state index contributed by atoms with van der Waals surface area (Å²) in [4.78, 5) is 25.2. The van der Waals surface area contributed by atoms with Gasteiger partial charge in [-0.3, -0.25) is 9.59 Å². The molecule has 8 nitrogen and oxygen atoms in total. The summed E-state index contributed by atoms with van der Waals surface area (Å²) in [7, 11) is -3.10. The van der Waals surface area contributed by atoms with Gasteiger partial charge in [0.1, 0.15) is 5.82 Å². The molecule has 1 saturated heterocycles. The number of halogens is 1. The SMILES string of the molecule is CC1(C)CC(=O)c2c3c(n(-c4cc(F)c(C(N)=O)c(NN5CCS(=O)(=O)CC5)c4)c2C1)CCC3. The van der Waals surface area contributed by atoms with Gasteiger partial charge in [-0.05, 0) is 48.8 Å². The number of carbonyl (C=O) groups excluding carboxylic acids is 2. The third-order valence-electron chi connectivity index (χ3n) is 7.09. The van der Waals surface area contributed by atoms with Crippen LogP contribution in [0.2, 0.25) is 0 Å². The molecule has 1 amide bonds. The maximum Gasteiger partial charge on any atom is 0.253 e. The van der Waals surface area contributed by atoms with Crippen molar-refractivity contribution in [3.05, 3.63) is 46.0 Å². The second-order valence-corrected chi connectivity index (χ2v) is 12.6. The van der Waals surface area contributed by atoms with Crippen LogP contribution in [0, 0.1) is 11.2 Å².